The Kier molecular flexibility index (Phi) is 4.19. The minimum Gasteiger partial charge on any atom is -0.348 e. The van der Waals surface area contributed by atoms with E-state index in [0.717, 1.165) is 25.2 Å². The first-order valence-corrected chi connectivity index (χ1v) is 8.57. The molecule has 25 heavy (non-hydrogen) atoms. The van der Waals surface area contributed by atoms with Crippen molar-refractivity contribution in [1.82, 2.24) is 25.6 Å². The Labute approximate surface area is 146 Å². The molecule has 6 nitrogen and oxygen atoms in total. The third kappa shape index (κ3) is 3.39. The molecule has 2 heterocycles. The number of carbonyl (C=O) groups is 1. The summed E-state index contributed by atoms with van der Waals surface area (Å²) in [6.07, 6.45) is 0. The summed E-state index contributed by atoms with van der Waals surface area (Å²) in [6, 6.07) is 16.0. The fourth-order valence-electron chi connectivity index (χ4n) is 3.46. The van der Waals surface area contributed by atoms with E-state index >= 15 is 0 Å². The number of hydrogen-bond acceptors (Lipinski definition) is 4. The van der Waals surface area contributed by atoms with Crippen molar-refractivity contribution in [1.29, 1.82) is 0 Å². The molecule has 4 rings (SSSR count). The Morgan fingerprint density at radius 2 is 1.96 bits per heavy atom. The number of fused-ring (bicyclic) bond motifs is 1. The second-order valence-electron chi connectivity index (χ2n) is 6.76. The average molecular weight is 335 g/mol. The number of aromatic amines is 1. The molecule has 2 N–H and O–H groups in total. The Morgan fingerprint density at radius 1 is 1.16 bits per heavy atom. The lowest BCUT2D eigenvalue weighted by Crippen LogP contribution is -2.39. The largest absolute Gasteiger partial charge is 0.348 e. The van der Waals surface area contributed by atoms with Crippen molar-refractivity contribution in [2.24, 2.45) is 5.92 Å². The molecule has 128 valence electrons. The number of hydrogen-bond donors (Lipinski definition) is 2. The number of nitrogens with one attached hydrogen (secondary N) is 2. The zero-order chi connectivity index (χ0) is 17.2. The van der Waals surface area contributed by atoms with E-state index in [2.05, 4.69) is 56.8 Å². The van der Waals surface area contributed by atoms with Crippen molar-refractivity contribution < 1.29 is 4.79 Å². The molecule has 1 aliphatic rings. The molecule has 2 atom stereocenters. The van der Waals surface area contributed by atoms with Gasteiger partial charge in [-0.25, -0.2) is 0 Å². The summed E-state index contributed by atoms with van der Waals surface area (Å²) in [5, 5.41) is 13.8. The second-order valence-corrected chi connectivity index (χ2v) is 6.76. The van der Waals surface area contributed by atoms with E-state index in [-0.39, 0.29) is 11.9 Å². The molecule has 0 saturated carbocycles. The SMILES string of the molecule is C[C@@H]1CN(Cc2ccccc2)C[C@H]1NC(=O)c1ccc2n[nH]nc2c1. The zero-order valence-electron chi connectivity index (χ0n) is 14.1. The van der Waals surface area contributed by atoms with Crippen LogP contribution in [0.3, 0.4) is 0 Å². The molecule has 0 bridgehead atoms. The zero-order valence-corrected chi connectivity index (χ0v) is 14.1. The number of carbonyl (C=O) groups excluding carboxylic acids is 1. The van der Waals surface area contributed by atoms with E-state index in [1.807, 2.05) is 12.1 Å². The summed E-state index contributed by atoms with van der Waals surface area (Å²) in [4.78, 5) is 15.0. The van der Waals surface area contributed by atoms with Gasteiger partial charge in [0.25, 0.3) is 5.91 Å². The Hall–Kier alpha value is -2.73. The molecule has 3 aromatic rings. The molecule has 1 saturated heterocycles. The molecule has 6 heteroatoms. The van der Waals surface area contributed by atoms with Gasteiger partial charge in [0.2, 0.25) is 0 Å². The molecular formula is C19H21N5O. The summed E-state index contributed by atoms with van der Waals surface area (Å²) >= 11 is 0. The van der Waals surface area contributed by atoms with Crippen molar-refractivity contribution in [2.45, 2.75) is 19.5 Å². The van der Waals surface area contributed by atoms with Crippen LogP contribution < -0.4 is 5.32 Å². The minimum absolute atomic E-state index is 0.0525. The highest BCUT2D eigenvalue weighted by Gasteiger charge is 2.30. The van der Waals surface area contributed by atoms with E-state index in [9.17, 15) is 4.79 Å². The smallest absolute Gasteiger partial charge is 0.251 e. The predicted octanol–water partition coefficient (Wildman–Crippen LogP) is 2.21. The van der Waals surface area contributed by atoms with Crippen molar-refractivity contribution in [3.05, 3.63) is 59.7 Å². The number of aromatic nitrogens is 3. The van der Waals surface area contributed by atoms with Gasteiger partial charge < -0.3 is 5.32 Å². The van der Waals surface area contributed by atoms with Gasteiger partial charge in [0.15, 0.2) is 0 Å². The summed E-state index contributed by atoms with van der Waals surface area (Å²) < 4.78 is 0. The molecule has 0 aliphatic carbocycles. The van der Waals surface area contributed by atoms with Crippen LogP contribution in [-0.2, 0) is 6.54 Å². The molecule has 2 aromatic carbocycles. The molecule has 1 fully saturated rings. The van der Waals surface area contributed by atoms with Crippen LogP contribution in [0.2, 0.25) is 0 Å². The second kappa shape index (κ2) is 6.64. The lowest BCUT2D eigenvalue weighted by molar-refractivity contribution is 0.0931. The van der Waals surface area contributed by atoms with Crippen molar-refractivity contribution in [3.8, 4) is 0 Å². The Bertz CT molecular complexity index is 876. The fourth-order valence-corrected chi connectivity index (χ4v) is 3.46. The van der Waals surface area contributed by atoms with Gasteiger partial charge >= 0.3 is 0 Å². The number of likely N-dealkylation sites (tertiary alicyclic amines) is 1. The van der Waals surface area contributed by atoms with Gasteiger partial charge in [0, 0.05) is 31.2 Å². The first-order valence-electron chi connectivity index (χ1n) is 8.57. The number of H-pyrrole nitrogens is 1. The highest BCUT2D eigenvalue weighted by Crippen LogP contribution is 2.20. The van der Waals surface area contributed by atoms with Gasteiger partial charge in [-0.05, 0) is 29.7 Å². The molecule has 1 amide bonds. The van der Waals surface area contributed by atoms with Crippen LogP contribution in [0.15, 0.2) is 48.5 Å². The summed E-state index contributed by atoms with van der Waals surface area (Å²) in [6.45, 7) is 4.97. The van der Waals surface area contributed by atoms with Crippen molar-refractivity contribution in [2.75, 3.05) is 13.1 Å². The topological polar surface area (TPSA) is 73.9 Å². The maximum Gasteiger partial charge on any atom is 0.251 e. The molecule has 1 aliphatic heterocycles. The van der Waals surface area contributed by atoms with Crippen LogP contribution >= 0.6 is 0 Å². The Balaban J connectivity index is 1.40. The van der Waals surface area contributed by atoms with Crippen LogP contribution in [0.5, 0.6) is 0 Å². The van der Waals surface area contributed by atoms with Gasteiger partial charge in [0.05, 0.1) is 0 Å². The van der Waals surface area contributed by atoms with E-state index in [0.29, 0.717) is 17.0 Å². The van der Waals surface area contributed by atoms with Crippen molar-refractivity contribution in [3.63, 3.8) is 0 Å². The van der Waals surface area contributed by atoms with E-state index < -0.39 is 0 Å². The highest BCUT2D eigenvalue weighted by molar-refractivity contribution is 5.97. The molecule has 1 aromatic heterocycles. The van der Waals surface area contributed by atoms with E-state index in [1.165, 1.54) is 5.56 Å². The summed E-state index contributed by atoms with van der Waals surface area (Å²) in [5.74, 6) is 0.367. The van der Waals surface area contributed by atoms with Gasteiger partial charge in [-0.15, -0.1) is 0 Å². The maximum atomic E-state index is 12.6. The molecular weight excluding hydrogens is 314 g/mol. The first kappa shape index (κ1) is 15.8. The van der Waals surface area contributed by atoms with Crippen LogP contribution in [0.1, 0.15) is 22.8 Å². The summed E-state index contributed by atoms with van der Waals surface area (Å²) in [5.41, 5.74) is 3.39. The van der Waals surface area contributed by atoms with Crippen molar-refractivity contribution >= 4 is 16.9 Å². The number of rotatable bonds is 4. The van der Waals surface area contributed by atoms with Gasteiger partial charge in [-0.1, -0.05) is 37.3 Å². The standard InChI is InChI=1S/C19H21N5O/c1-13-10-24(11-14-5-3-2-4-6-14)12-18(13)20-19(25)15-7-8-16-17(9-15)22-23-21-16/h2-9,13,18H,10-12H2,1H3,(H,20,25)(H,21,22,23)/t13-,18-/m1/s1. The molecule has 0 spiro atoms. The number of amides is 1. The monoisotopic (exact) mass is 335 g/mol. The minimum atomic E-state index is -0.0525. The van der Waals surface area contributed by atoms with Gasteiger partial charge in [-0.3, -0.25) is 9.69 Å². The summed E-state index contributed by atoms with van der Waals surface area (Å²) in [7, 11) is 0. The van der Waals surface area contributed by atoms with Gasteiger partial charge in [-0.2, -0.15) is 15.4 Å². The first-order chi connectivity index (χ1) is 12.2. The Morgan fingerprint density at radius 3 is 2.80 bits per heavy atom. The molecule has 0 radical (unpaired) electrons. The van der Waals surface area contributed by atoms with Crippen LogP contribution in [-0.4, -0.2) is 45.3 Å². The number of benzene rings is 2. The van der Waals surface area contributed by atoms with Crippen LogP contribution in [0.25, 0.3) is 11.0 Å². The highest BCUT2D eigenvalue weighted by atomic mass is 16.1. The quantitative estimate of drug-likeness (QED) is 0.767. The lowest BCUT2D eigenvalue weighted by Gasteiger charge is -2.17. The maximum absolute atomic E-state index is 12.6. The lowest BCUT2D eigenvalue weighted by atomic mass is 10.1. The fraction of sp³-hybridized carbons (Fsp3) is 0.316. The third-order valence-corrected chi connectivity index (χ3v) is 4.83. The van der Waals surface area contributed by atoms with Gasteiger partial charge in [0.1, 0.15) is 11.0 Å². The number of nitrogens with zero attached hydrogens (tertiary/aromatic N) is 3. The van der Waals surface area contributed by atoms with Crippen LogP contribution in [0.4, 0.5) is 0 Å². The predicted molar refractivity (Wildman–Crippen MR) is 96.0 cm³/mol. The van der Waals surface area contributed by atoms with E-state index in [1.54, 1.807) is 12.1 Å². The third-order valence-electron chi connectivity index (χ3n) is 4.83. The van der Waals surface area contributed by atoms with E-state index in [4.69, 9.17) is 0 Å². The normalized spacial score (nSPS) is 20.8. The molecule has 0 unspecified atom stereocenters. The van der Waals surface area contributed by atoms with Crippen LogP contribution in [0, 0.1) is 5.92 Å². The average Bonchev–Trinajstić information content (AvgIpc) is 3.22.